The van der Waals surface area contributed by atoms with E-state index in [0.717, 1.165) is 25.9 Å². The lowest BCUT2D eigenvalue weighted by Crippen LogP contribution is -2.54. The minimum atomic E-state index is -0.694. The van der Waals surface area contributed by atoms with Crippen LogP contribution in [0.1, 0.15) is 38.5 Å². The number of hydrogen-bond donors (Lipinski definition) is 3. The highest BCUT2D eigenvalue weighted by Crippen LogP contribution is 2.30. The van der Waals surface area contributed by atoms with E-state index in [1.807, 2.05) is 0 Å². The van der Waals surface area contributed by atoms with Crippen molar-refractivity contribution in [1.29, 1.82) is 0 Å². The molecule has 0 aromatic carbocycles. The second-order valence-corrected chi connectivity index (χ2v) is 5.95. The molecule has 0 aromatic rings. The van der Waals surface area contributed by atoms with Gasteiger partial charge < -0.3 is 15.5 Å². The molecule has 1 aliphatic carbocycles. The number of carboxylic acids is 1. The molecule has 5 heteroatoms. The van der Waals surface area contributed by atoms with Crippen LogP contribution in [0.2, 0.25) is 0 Å². The quantitative estimate of drug-likeness (QED) is 0.634. The first-order chi connectivity index (χ1) is 9.19. The zero-order chi connectivity index (χ0) is 13.7. The molecular weight excluding hydrogens is 244 g/mol. The second kappa shape index (κ2) is 7.22. The van der Waals surface area contributed by atoms with Crippen LogP contribution in [-0.2, 0) is 4.79 Å². The zero-order valence-corrected chi connectivity index (χ0v) is 11.6. The van der Waals surface area contributed by atoms with Crippen molar-refractivity contribution in [2.75, 3.05) is 26.2 Å². The fraction of sp³-hybridized carbons (Fsp3) is 0.929. The summed E-state index contributed by atoms with van der Waals surface area (Å²) in [7, 11) is 0. The van der Waals surface area contributed by atoms with Crippen molar-refractivity contribution in [2.24, 2.45) is 5.92 Å². The van der Waals surface area contributed by atoms with Crippen molar-refractivity contribution in [3.05, 3.63) is 0 Å². The van der Waals surface area contributed by atoms with Crippen molar-refractivity contribution >= 4 is 5.97 Å². The van der Waals surface area contributed by atoms with Gasteiger partial charge in [0.25, 0.3) is 0 Å². The molecule has 0 radical (unpaired) electrons. The summed E-state index contributed by atoms with van der Waals surface area (Å²) >= 11 is 0. The van der Waals surface area contributed by atoms with E-state index in [9.17, 15) is 4.79 Å². The SMILES string of the molecule is O=C(O)CCC1CC(NCCO)CN(C2CCC2)C1. The Kier molecular flexibility index (Phi) is 5.60. The minimum absolute atomic E-state index is 0.166. The lowest BCUT2D eigenvalue weighted by Gasteiger charge is -2.45. The summed E-state index contributed by atoms with van der Waals surface area (Å²) in [6.45, 7) is 2.90. The number of piperidine rings is 1. The molecule has 19 heavy (non-hydrogen) atoms. The second-order valence-electron chi connectivity index (χ2n) is 5.95. The average molecular weight is 270 g/mol. The Hall–Kier alpha value is -0.650. The Morgan fingerprint density at radius 1 is 1.32 bits per heavy atom. The standard InChI is InChI=1S/C14H26N2O3/c17-7-6-15-12-8-11(4-5-14(18)19)9-16(10-12)13-2-1-3-13/h11-13,15,17H,1-10H2,(H,18,19). The fourth-order valence-corrected chi connectivity index (χ4v) is 3.24. The number of carbonyl (C=O) groups is 1. The van der Waals surface area contributed by atoms with Crippen molar-refractivity contribution in [3.8, 4) is 0 Å². The Bertz CT molecular complexity index is 294. The highest BCUT2D eigenvalue weighted by molar-refractivity contribution is 5.66. The maximum atomic E-state index is 10.7. The minimum Gasteiger partial charge on any atom is -0.481 e. The van der Waals surface area contributed by atoms with Gasteiger partial charge in [-0.2, -0.15) is 0 Å². The highest BCUT2D eigenvalue weighted by Gasteiger charge is 2.33. The van der Waals surface area contributed by atoms with Crippen molar-refractivity contribution in [2.45, 2.75) is 50.6 Å². The summed E-state index contributed by atoms with van der Waals surface area (Å²) in [5.74, 6) is -0.220. The van der Waals surface area contributed by atoms with Crippen LogP contribution in [0.3, 0.4) is 0 Å². The van der Waals surface area contributed by atoms with Crippen LogP contribution in [0.25, 0.3) is 0 Å². The predicted molar refractivity (Wildman–Crippen MR) is 73.1 cm³/mol. The predicted octanol–water partition coefficient (Wildman–Crippen LogP) is 0.676. The Morgan fingerprint density at radius 3 is 2.68 bits per heavy atom. The average Bonchev–Trinajstić information content (AvgIpc) is 2.31. The molecule has 110 valence electrons. The number of nitrogens with zero attached hydrogens (tertiary/aromatic N) is 1. The molecule has 1 saturated carbocycles. The molecule has 1 saturated heterocycles. The number of rotatable bonds is 7. The van der Waals surface area contributed by atoms with Gasteiger partial charge in [-0.05, 0) is 31.6 Å². The van der Waals surface area contributed by atoms with Gasteiger partial charge >= 0.3 is 5.97 Å². The van der Waals surface area contributed by atoms with E-state index in [2.05, 4.69) is 10.2 Å². The summed E-state index contributed by atoms with van der Waals surface area (Å²) < 4.78 is 0. The number of hydrogen-bond acceptors (Lipinski definition) is 4. The highest BCUT2D eigenvalue weighted by atomic mass is 16.4. The number of carboxylic acid groups (broad SMARTS) is 1. The summed E-state index contributed by atoms with van der Waals surface area (Å²) in [4.78, 5) is 13.3. The molecule has 0 bridgehead atoms. The molecule has 3 N–H and O–H groups in total. The normalized spacial score (nSPS) is 29.1. The van der Waals surface area contributed by atoms with Crippen LogP contribution >= 0.6 is 0 Å². The van der Waals surface area contributed by atoms with Crippen LogP contribution in [0.15, 0.2) is 0 Å². The van der Waals surface area contributed by atoms with Crippen molar-refractivity contribution in [1.82, 2.24) is 10.2 Å². The van der Waals surface area contributed by atoms with Gasteiger partial charge in [-0.1, -0.05) is 6.42 Å². The fourth-order valence-electron chi connectivity index (χ4n) is 3.24. The molecule has 2 aliphatic rings. The smallest absolute Gasteiger partial charge is 0.303 e. The van der Waals surface area contributed by atoms with E-state index in [-0.39, 0.29) is 13.0 Å². The molecule has 2 atom stereocenters. The summed E-state index contributed by atoms with van der Waals surface area (Å²) in [6, 6.07) is 1.12. The van der Waals surface area contributed by atoms with Crippen LogP contribution < -0.4 is 5.32 Å². The maximum absolute atomic E-state index is 10.7. The van der Waals surface area contributed by atoms with E-state index in [0.29, 0.717) is 24.5 Å². The molecule has 0 aromatic heterocycles. The maximum Gasteiger partial charge on any atom is 0.303 e. The van der Waals surface area contributed by atoms with Gasteiger partial charge in [-0.3, -0.25) is 9.69 Å². The molecule has 1 aliphatic heterocycles. The van der Waals surface area contributed by atoms with Gasteiger partial charge in [0.05, 0.1) is 6.61 Å². The molecule has 2 rings (SSSR count). The molecule has 0 spiro atoms. The summed E-state index contributed by atoms with van der Waals surface area (Å²) in [5, 5.41) is 21.1. The van der Waals surface area contributed by atoms with Crippen LogP contribution in [0, 0.1) is 5.92 Å². The monoisotopic (exact) mass is 270 g/mol. The van der Waals surface area contributed by atoms with Crippen LogP contribution in [-0.4, -0.2) is 59.4 Å². The lowest BCUT2D eigenvalue weighted by molar-refractivity contribution is -0.137. The third kappa shape index (κ3) is 4.44. The van der Waals surface area contributed by atoms with Crippen molar-refractivity contribution in [3.63, 3.8) is 0 Å². The van der Waals surface area contributed by atoms with Gasteiger partial charge in [0.15, 0.2) is 0 Å². The van der Waals surface area contributed by atoms with Gasteiger partial charge in [0, 0.05) is 38.1 Å². The van der Waals surface area contributed by atoms with Gasteiger partial charge in [-0.15, -0.1) is 0 Å². The van der Waals surface area contributed by atoms with Gasteiger partial charge in [-0.25, -0.2) is 0 Å². The molecule has 0 amide bonds. The summed E-state index contributed by atoms with van der Waals surface area (Å²) in [5.41, 5.74) is 0. The number of likely N-dealkylation sites (tertiary alicyclic amines) is 1. The topological polar surface area (TPSA) is 72.8 Å². The van der Waals surface area contributed by atoms with Crippen LogP contribution in [0.5, 0.6) is 0 Å². The largest absolute Gasteiger partial charge is 0.481 e. The van der Waals surface area contributed by atoms with E-state index in [1.165, 1.54) is 19.3 Å². The molecular formula is C14H26N2O3. The number of aliphatic carboxylic acids is 1. The first-order valence-electron chi connectivity index (χ1n) is 7.49. The van der Waals surface area contributed by atoms with E-state index in [1.54, 1.807) is 0 Å². The molecule has 2 fully saturated rings. The molecule has 5 nitrogen and oxygen atoms in total. The Morgan fingerprint density at radius 2 is 2.11 bits per heavy atom. The zero-order valence-electron chi connectivity index (χ0n) is 11.6. The first-order valence-corrected chi connectivity index (χ1v) is 7.49. The number of nitrogens with one attached hydrogen (secondary N) is 1. The number of aliphatic hydroxyl groups is 1. The Labute approximate surface area is 115 Å². The van der Waals surface area contributed by atoms with Gasteiger partial charge in [0.2, 0.25) is 0 Å². The van der Waals surface area contributed by atoms with Crippen LogP contribution in [0.4, 0.5) is 0 Å². The summed E-state index contributed by atoms with van der Waals surface area (Å²) in [6.07, 6.45) is 5.99. The third-order valence-corrected chi connectivity index (χ3v) is 4.47. The third-order valence-electron chi connectivity index (χ3n) is 4.47. The molecule has 2 unspecified atom stereocenters. The Balaban J connectivity index is 1.85. The molecule has 1 heterocycles. The van der Waals surface area contributed by atoms with E-state index < -0.39 is 5.97 Å². The van der Waals surface area contributed by atoms with E-state index in [4.69, 9.17) is 10.2 Å². The van der Waals surface area contributed by atoms with Gasteiger partial charge in [0.1, 0.15) is 0 Å². The van der Waals surface area contributed by atoms with E-state index >= 15 is 0 Å². The number of aliphatic hydroxyl groups excluding tert-OH is 1. The lowest BCUT2D eigenvalue weighted by atomic mass is 9.85. The van der Waals surface area contributed by atoms with Crippen molar-refractivity contribution < 1.29 is 15.0 Å². The first kappa shape index (κ1) is 14.8.